The standard InChI is InChI=1S/C23H31N5O4/c1-15-10-11-17(32-15)13-24-20(29)18-12-19-21(30)27(3)23(2,14-28(19)26-18)22(31)25-16-8-6-4-5-7-9-16/h10-12,16H,4-9,13-14H2,1-3H3,(H,24,29)(H,25,31)/t23-/m0/s1. The number of carbonyl (C=O) groups excluding carboxylic acids is 3. The molecule has 0 bridgehead atoms. The average molecular weight is 442 g/mol. The van der Waals surface area contributed by atoms with Gasteiger partial charge in [0.2, 0.25) is 5.91 Å². The zero-order valence-corrected chi connectivity index (χ0v) is 18.9. The number of hydrogen-bond acceptors (Lipinski definition) is 5. The number of carbonyl (C=O) groups is 3. The van der Waals surface area contributed by atoms with Crippen molar-refractivity contribution in [2.75, 3.05) is 7.05 Å². The Kier molecular flexibility index (Phi) is 6.08. The van der Waals surface area contributed by atoms with Crippen LogP contribution in [0.1, 0.15) is 77.9 Å². The maximum Gasteiger partial charge on any atom is 0.272 e. The second kappa shape index (κ2) is 8.80. The molecular weight excluding hydrogens is 410 g/mol. The number of nitrogens with one attached hydrogen (secondary N) is 2. The molecular formula is C23H31N5O4. The minimum absolute atomic E-state index is 0.135. The van der Waals surface area contributed by atoms with Crippen LogP contribution in [0.15, 0.2) is 22.6 Å². The molecule has 0 spiro atoms. The molecule has 3 amide bonds. The van der Waals surface area contributed by atoms with E-state index in [-0.39, 0.29) is 36.6 Å². The van der Waals surface area contributed by atoms with E-state index in [1.165, 1.54) is 28.5 Å². The van der Waals surface area contributed by atoms with Gasteiger partial charge in [0.1, 0.15) is 22.8 Å². The predicted molar refractivity (Wildman–Crippen MR) is 117 cm³/mol. The Morgan fingerprint density at radius 1 is 1.22 bits per heavy atom. The van der Waals surface area contributed by atoms with Crippen molar-refractivity contribution in [1.29, 1.82) is 0 Å². The molecule has 2 aromatic rings. The fourth-order valence-corrected chi connectivity index (χ4v) is 4.44. The van der Waals surface area contributed by atoms with Gasteiger partial charge in [-0.2, -0.15) is 5.10 Å². The molecule has 2 aliphatic rings. The second-order valence-corrected chi connectivity index (χ2v) is 9.07. The fraction of sp³-hybridized carbons (Fsp3) is 0.565. The summed E-state index contributed by atoms with van der Waals surface area (Å²) >= 11 is 0. The Morgan fingerprint density at radius 2 is 1.94 bits per heavy atom. The highest BCUT2D eigenvalue weighted by atomic mass is 16.3. The van der Waals surface area contributed by atoms with Crippen molar-refractivity contribution >= 4 is 17.7 Å². The largest absolute Gasteiger partial charge is 0.465 e. The van der Waals surface area contributed by atoms with Gasteiger partial charge in [-0.05, 0) is 38.8 Å². The Bertz CT molecular complexity index is 1020. The van der Waals surface area contributed by atoms with E-state index in [0.29, 0.717) is 11.5 Å². The summed E-state index contributed by atoms with van der Waals surface area (Å²) in [5.74, 6) is 0.490. The zero-order chi connectivity index (χ0) is 22.9. The topological polar surface area (TPSA) is 109 Å². The third kappa shape index (κ3) is 4.28. The van der Waals surface area contributed by atoms with Gasteiger partial charge in [0.15, 0.2) is 5.69 Å². The zero-order valence-electron chi connectivity index (χ0n) is 18.9. The molecule has 0 saturated heterocycles. The minimum atomic E-state index is -1.08. The van der Waals surface area contributed by atoms with E-state index in [9.17, 15) is 14.4 Å². The lowest BCUT2D eigenvalue weighted by atomic mass is 9.95. The number of furan rings is 1. The van der Waals surface area contributed by atoms with Crippen LogP contribution in [0.25, 0.3) is 0 Å². The lowest BCUT2D eigenvalue weighted by Gasteiger charge is -2.41. The molecule has 1 saturated carbocycles. The number of amides is 3. The van der Waals surface area contributed by atoms with E-state index < -0.39 is 11.4 Å². The first kappa shape index (κ1) is 22.1. The molecule has 172 valence electrons. The summed E-state index contributed by atoms with van der Waals surface area (Å²) in [5.41, 5.74) is -0.647. The smallest absolute Gasteiger partial charge is 0.272 e. The normalized spacial score (nSPS) is 21.7. The lowest BCUT2D eigenvalue weighted by molar-refractivity contribution is -0.133. The minimum Gasteiger partial charge on any atom is -0.465 e. The van der Waals surface area contributed by atoms with E-state index in [2.05, 4.69) is 15.7 Å². The number of rotatable bonds is 5. The Balaban J connectivity index is 1.47. The third-order valence-corrected chi connectivity index (χ3v) is 6.63. The molecule has 4 rings (SSSR count). The molecule has 1 atom stereocenters. The Hall–Kier alpha value is -3.10. The summed E-state index contributed by atoms with van der Waals surface area (Å²) < 4.78 is 6.93. The van der Waals surface area contributed by atoms with Crippen LogP contribution < -0.4 is 10.6 Å². The number of fused-ring (bicyclic) bond motifs is 1. The molecule has 1 fully saturated rings. The maximum atomic E-state index is 13.2. The van der Waals surface area contributed by atoms with Gasteiger partial charge in [0.05, 0.1) is 13.1 Å². The molecule has 3 heterocycles. The van der Waals surface area contributed by atoms with Crippen LogP contribution in [0, 0.1) is 6.92 Å². The number of aryl methyl sites for hydroxylation is 1. The number of likely N-dealkylation sites (N-methyl/N-ethyl adjacent to an activating group) is 1. The first-order valence-electron chi connectivity index (χ1n) is 11.3. The molecule has 1 aliphatic carbocycles. The van der Waals surface area contributed by atoms with Crippen LogP contribution in [0.2, 0.25) is 0 Å². The summed E-state index contributed by atoms with van der Waals surface area (Å²) in [7, 11) is 1.63. The van der Waals surface area contributed by atoms with Gasteiger partial charge >= 0.3 is 0 Å². The van der Waals surface area contributed by atoms with Gasteiger partial charge in [-0.25, -0.2) is 0 Å². The summed E-state index contributed by atoms with van der Waals surface area (Å²) in [5, 5.41) is 10.3. The van der Waals surface area contributed by atoms with Crippen LogP contribution in [0.4, 0.5) is 0 Å². The van der Waals surface area contributed by atoms with Crippen molar-refractivity contribution < 1.29 is 18.8 Å². The first-order chi connectivity index (χ1) is 15.3. The molecule has 1 aliphatic heterocycles. The van der Waals surface area contributed by atoms with Crippen molar-refractivity contribution in [3.63, 3.8) is 0 Å². The molecule has 2 aromatic heterocycles. The van der Waals surface area contributed by atoms with Gasteiger partial charge in [0, 0.05) is 19.2 Å². The van der Waals surface area contributed by atoms with E-state index in [1.807, 2.05) is 13.0 Å². The Labute approximate surface area is 187 Å². The van der Waals surface area contributed by atoms with Crippen molar-refractivity contribution in [1.82, 2.24) is 25.3 Å². The number of aromatic nitrogens is 2. The molecule has 32 heavy (non-hydrogen) atoms. The van der Waals surface area contributed by atoms with Gasteiger partial charge in [0.25, 0.3) is 11.8 Å². The predicted octanol–water partition coefficient (Wildman–Crippen LogP) is 2.40. The molecule has 0 unspecified atom stereocenters. The molecule has 2 N–H and O–H groups in total. The first-order valence-corrected chi connectivity index (χ1v) is 11.3. The third-order valence-electron chi connectivity index (χ3n) is 6.63. The van der Waals surface area contributed by atoms with Crippen molar-refractivity contribution in [3.05, 3.63) is 41.1 Å². The average Bonchev–Trinajstić information content (AvgIpc) is 3.29. The summed E-state index contributed by atoms with van der Waals surface area (Å²) in [4.78, 5) is 40.3. The lowest BCUT2D eigenvalue weighted by Crippen LogP contribution is -2.63. The fourth-order valence-electron chi connectivity index (χ4n) is 4.44. The quantitative estimate of drug-likeness (QED) is 0.693. The monoisotopic (exact) mass is 441 g/mol. The Morgan fingerprint density at radius 3 is 2.59 bits per heavy atom. The van der Waals surface area contributed by atoms with E-state index in [0.717, 1.165) is 31.4 Å². The van der Waals surface area contributed by atoms with E-state index >= 15 is 0 Å². The second-order valence-electron chi connectivity index (χ2n) is 9.07. The van der Waals surface area contributed by atoms with Gasteiger partial charge in [-0.15, -0.1) is 0 Å². The van der Waals surface area contributed by atoms with Crippen LogP contribution >= 0.6 is 0 Å². The molecule has 0 radical (unpaired) electrons. The highest BCUT2D eigenvalue weighted by molar-refractivity contribution is 6.01. The molecule has 9 heteroatoms. The van der Waals surface area contributed by atoms with Crippen molar-refractivity contribution in [3.8, 4) is 0 Å². The van der Waals surface area contributed by atoms with Gasteiger partial charge in [-0.3, -0.25) is 19.1 Å². The van der Waals surface area contributed by atoms with E-state index in [4.69, 9.17) is 4.42 Å². The van der Waals surface area contributed by atoms with Crippen LogP contribution in [0.3, 0.4) is 0 Å². The van der Waals surface area contributed by atoms with Crippen molar-refractivity contribution in [2.24, 2.45) is 0 Å². The van der Waals surface area contributed by atoms with Crippen LogP contribution in [-0.2, 0) is 17.9 Å². The molecule has 9 nitrogen and oxygen atoms in total. The van der Waals surface area contributed by atoms with Crippen molar-refractivity contribution in [2.45, 2.75) is 77.0 Å². The maximum absolute atomic E-state index is 13.2. The van der Waals surface area contributed by atoms with Crippen LogP contribution in [-0.4, -0.2) is 51.0 Å². The number of nitrogens with zero attached hydrogens (tertiary/aromatic N) is 3. The van der Waals surface area contributed by atoms with Crippen LogP contribution in [0.5, 0.6) is 0 Å². The van der Waals surface area contributed by atoms with Gasteiger partial charge < -0.3 is 20.0 Å². The SMILES string of the molecule is Cc1ccc(CNC(=O)c2cc3n(n2)C[C@@](C)(C(=O)NC2CCCCCC2)N(C)C3=O)o1. The van der Waals surface area contributed by atoms with Gasteiger partial charge in [-0.1, -0.05) is 25.7 Å². The highest BCUT2D eigenvalue weighted by Crippen LogP contribution is 2.27. The molecule has 0 aromatic carbocycles. The summed E-state index contributed by atoms with van der Waals surface area (Å²) in [6.45, 7) is 4.00. The summed E-state index contributed by atoms with van der Waals surface area (Å²) in [6, 6.07) is 5.23. The van der Waals surface area contributed by atoms with E-state index in [1.54, 1.807) is 20.0 Å². The number of hydrogen-bond donors (Lipinski definition) is 2. The highest BCUT2D eigenvalue weighted by Gasteiger charge is 2.46. The summed E-state index contributed by atoms with van der Waals surface area (Å²) in [6.07, 6.45) is 6.54.